The fraction of sp³-hybridized carbons (Fsp3) is 0.333. The van der Waals surface area contributed by atoms with Crippen molar-refractivity contribution in [3.8, 4) is 0 Å². The topological polar surface area (TPSA) is 32.3 Å². The molecule has 0 radical (unpaired) electrons. The maximum absolute atomic E-state index is 10.7. The quantitative estimate of drug-likeness (QED) is 0.834. The van der Waals surface area contributed by atoms with E-state index in [1.54, 1.807) is 6.92 Å². The van der Waals surface area contributed by atoms with Crippen LogP contribution in [-0.4, -0.2) is 17.3 Å². The molecule has 0 saturated carbocycles. The first-order valence-electron chi connectivity index (χ1n) is 7.34. The van der Waals surface area contributed by atoms with Gasteiger partial charge in [-0.3, -0.25) is 5.32 Å². The SMILES string of the molecule is CC(C)NC(c1cccc(Cl)c1)(c1cccc(Cl)c1)C(C)O. The molecular weight excluding hydrogens is 317 g/mol. The van der Waals surface area contributed by atoms with Gasteiger partial charge in [0.2, 0.25) is 0 Å². The zero-order chi connectivity index (χ0) is 16.3. The number of hydrogen-bond donors (Lipinski definition) is 2. The monoisotopic (exact) mass is 337 g/mol. The molecule has 0 fully saturated rings. The molecule has 1 atom stereocenters. The molecule has 0 aliphatic carbocycles. The smallest absolute Gasteiger partial charge is 0.0954 e. The third kappa shape index (κ3) is 3.47. The van der Waals surface area contributed by atoms with Crippen LogP contribution in [0.5, 0.6) is 0 Å². The highest BCUT2D eigenvalue weighted by molar-refractivity contribution is 6.31. The lowest BCUT2D eigenvalue weighted by Gasteiger charge is -2.40. The van der Waals surface area contributed by atoms with E-state index in [1.807, 2.05) is 62.4 Å². The number of aliphatic hydroxyl groups is 1. The molecular formula is C18H21Cl2NO. The summed E-state index contributed by atoms with van der Waals surface area (Å²) in [4.78, 5) is 0. The van der Waals surface area contributed by atoms with Crippen molar-refractivity contribution in [2.75, 3.05) is 0 Å². The highest BCUT2D eigenvalue weighted by atomic mass is 35.5. The van der Waals surface area contributed by atoms with Crippen LogP contribution in [0.1, 0.15) is 31.9 Å². The minimum Gasteiger partial charge on any atom is -0.391 e. The number of benzene rings is 2. The summed E-state index contributed by atoms with van der Waals surface area (Å²) >= 11 is 12.4. The second kappa shape index (κ2) is 7.01. The van der Waals surface area contributed by atoms with Crippen LogP contribution >= 0.6 is 23.2 Å². The van der Waals surface area contributed by atoms with Gasteiger partial charge in [0.05, 0.1) is 11.6 Å². The molecule has 0 bridgehead atoms. The third-order valence-electron chi connectivity index (χ3n) is 3.70. The van der Waals surface area contributed by atoms with Gasteiger partial charge >= 0.3 is 0 Å². The Kier molecular flexibility index (Phi) is 5.51. The van der Waals surface area contributed by atoms with E-state index in [2.05, 4.69) is 5.32 Å². The van der Waals surface area contributed by atoms with E-state index in [4.69, 9.17) is 23.2 Å². The van der Waals surface area contributed by atoms with Crippen molar-refractivity contribution in [2.45, 2.75) is 38.5 Å². The molecule has 2 N–H and O–H groups in total. The number of nitrogens with one attached hydrogen (secondary N) is 1. The number of aliphatic hydroxyl groups excluding tert-OH is 1. The Hall–Kier alpha value is -1.06. The molecule has 1 unspecified atom stereocenters. The summed E-state index contributed by atoms with van der Waals surface area (Å²) < 4.78 is 0. The molecule has 0 aliphatic rings. The normalized spacial score (nSPS) is 13.4. The number of halogens is 2. The Morgan fingerprint density at radius 2 is 1.36 bits per heavy atom. The van der Waals surface area contributed by atoms with Gasteiger partial charge in [-0.1, -0.05) is 47.5 Å². The van der Waals surface area contributed by atoms with Gasteiger partial charge in [-0.25, -0.2) is 0 Å². The molecule has 2 rings (SSSR count). The van der Waals surface area contributed by atoms with Crippen molar-refractivity contribution in [1.29, 1.82) is 0 Å². The van der Waals surface area contributed by atoms with Gasteiger partial charge < -0.3 is 5.11 Å². The van der Waals surface area contributed by atoms with Gasteiger partial charge in [0.15, 0.2) is 0 Å². The molecule has 2 aromatic carbocycles. The summed E-state index contributed by atoms with van der Waals surface area (Å²) in [6, 6.07) is 15.3. The van der Waals surface area contributed by atoms with Crippen molar-refractivity contribution < 1.29 is 5.11 Å². The summed E-state index contributed by atoms with van der Waals surface area (Å²) in [5.41, 5.74) is 1.04. The molecule has 0 aliphatic heterocycles. The third-order valence-corrected chi connectivity index (χ3v) is 4.17. The summed E-state index contributed by atoms with van der Waals surface area (Å²) in [5, 5.41) is 15.4. The predicted molar refractivity (Wildman–Crippen MR) is 93.6 cm³/mol. The van der Waals surface area contributed by atoms with Crippen LogP contribution in [0.15, 0.2) is 48.5 Å². The standard InChI is InChI=1S/C18H21Cl2NO/c1-12(2)21-18(13(3)22,14-6-4-8-16(19)10-14)15-7-5-9-17(20)11-15/h4-13,21-22H,1-3H3. The molecule has 0 amide bonds. The van der Waals surface area contributed by atoms with Gasteiger partial charge in [0, 0.05) is 16.1 Å². The Morgan fingerprint density at radius 3 is 1.68 bits per heavy atom. The lowest BCUT2D eigenvalue weighted by molar-refractivity contribution is 0.0916. The minimum atomic E-state index is -0.774. The molecule has 0 spiro atoms. The van der Waals surface area contributed by atoms with Crippen LogP contribution in [0.3, 0.4) is 0 Å². The lowest BCUT2D eigenvalue weighted by Crippen LogP contribution is -2.54. The maximum Gasteiger partial charge on any atom is 0.0954 e. The molecule has 2 nitrogen and oxygen atoms in total. The lowest BCUT2D eigenvalue weighted by atomic mass is 9.78. The molecule has 2 aromatic rings. The largest absolute Gasteiger partial charge is 0.391 e. The summed E-state index contributed by atoms with van der Waals surface area (Å²) in [7, 11) is 0. The van der Waals surface area contributed by atoms with E-state index in [0.29, 0.717) is 10.0 Å². The van der Waals surface area contributed by atoms with Crippen LogP contribution in [-0.2, 0) is 5.54 Å². The van der Waals surface area contributed by atoms with E-state index in [-0.39, 0.29) is 6.04 Å². The van der Waals surface area contributed by atoms with Gasteiger partial charge in [-0.2, -0.15) is 0 Å². The van der Waals surface area contributed by atoms with Gasteiger partial charge in [-0.05, 0) is 56.2 Å². The summed E-state index contributed by atoms with van der Waals surface area (Å²) in [6.45, 7) is 5.87. The predicted octanol–water partition coefficient (Wildman–Crippen LogP) is 4.62. The fourth-order valence-electron chi connectivity index (χ4n) is 2.86. The molecule has 0 heterocycles. The van der Waals surface area contributed by atoms with Crippen LogP contribution in [0.4, 0.5) is 0 Å². The van der Waals surface area contributed by atoms with Crippen molar-refractivity contribution in [3.63, 3.8) is 0 Å². The molecule has 0 aromatic heterocycles. The highest BCUT2D eigenvalue weighted by Gasteiger charge is 2.39. The average Bonchev–Trinajstić information content (AvgIpc) is 2.44. The van der Waals surface area contributed by atoms with Crippen molar-refractivity contribution in [2.24, 2.45) is 0 Å². The zero-order valence-electron chi connectivity index (χ0n) is 13.0. The summed E-state index contributed by atoms with van der Waals surface area (Å²) in [5.74, 6) is 0. The number of rotatable bonds is 5. The fourth-order valence-corrected chi connectivity index (χ4v) is 3.24. The van der Waals surface area contributed by atoms with E-state index in [0.717, 1.165) is 11.1 Å². The van der Waals surface area contributed by atoms with E-state index >= 15 is 0 Å². The van der Waals surface area contributed by atoms with Crippen LogP contribution < -0.4 is 5.32 Å². The molecule has 0 saturated heterocycles. The average molecular weight is 338 g/mol. The van der Waals surface area contributed by atoms with Crippen molar-refractivity contribution in [1.82, 2.24) is 5.32 Å². The van der Waals surface area contributed by atoms with Crippen LogP contribution in [0.2, 0.25) is 10.0 Å². The van der Waals surface area contributed by atoms with Gasteiger partial charge in [0.1, 0.15) is 0 Å². The highest BCUT2D eigenvalue weighted by Crippen LogP contribution is 2.36. The second-order valence-corrected chi connectivity index (χ2v) is 6.68. The van der Waals surface area contributed by atoms with E-state index in [1.165, 1.54) is 0 Å². The zero-order valence-corrected chi connectivity index (χ0v) is 14.5. The van der Waals surface area contributed by atoms with Gasteiger partial charge in [-0.15, -0.1) is 0 Å². The first-order valence-corrected chi connectivity index (χ1v) is 8.09. The van der Waals surface area contributed by atoms with E-state index < -0.39 is 11.6 Å². The maximum atomic E-state index is 10.7. The Bertz CT molecular complexity index is 595. The van der Waals surface area contributed by atoms with Crippen LogP contribution in [0.25, 0.3) is 0 Å². The first kappa shape index (κ1) is 17.3. The Labute approximate surface area is 142 Å². The van der Waals surface area contributed by atoms with Gasteiger partial charge in [0.25, 0.3) is 0 Å². The van der Waals surface area contributed by atoms with E-state index in [9.17, 15) is 5.11 Å². The number of hydrogen-bond acceptors (Lipinski definition) is 2. The summed E-state index contributed by atoms with van der Waals surface area (Å²) in [6.07, 6.45) is -0.674. The molecule has 22 heavy (non-hydrogen) atoms. The molecule has 118 valence electrons. The molecule has 4 heteroatoms. The minimum absolute atomic E-state index is 0.160. The second-order valence-electron chi connectivity index (χ2n) is 5.80. The van der Waals surface area contributed by atoms with Crippen LogP contribution in [0, 0.1) is 0 Å². The van der Waals surface area contributed by atoms with Crippen molar-refractivity contribution in [3.05, 3.63) is 69.7 Å². The Balaban J connectivity index is 2.71. The Morgan fingerprint density at radius 1 is 0.909 bits per heavy atom. The van der Waals surface area contributed by atoms with Crippen molar-refractivity contribution >= 4 is 23.2 Å². The first-order chi connectivity index (χ1) is 10.4.